The SMILES string of the molecule is Cc1cc(N2CCC(N)CC2)c2nc(N3CCNCC3)n(Cc3cc(C)c(F)c(C)c3)c2c1. The monoisotopic (exact) mass is 450 g/mol. The van der Waals surface area contributed by atoms with E-state index < -0.39 is 0 Å². The van der Waals surface area contributed by atoms with Crippen molar-refractivity contribution in [1.29, 1.82) is 0 Å². The van der Waals surface area contributed by atoms with Crippen molar-refractivity contribution in [1.82, 2.24) is 14.9 Å². The molecule has 3 N–H and O–H groups in total. The van der Waals surface area contributed by atoms with Gasteiger partial charge in [0.2, 0.25) is 5.95 Å². The molecule has 0 saturated carbocycles. The molecule has 0 atom stereocenters. The summed E-state index contributed by atoms with van der Waals surface area (Å²) in [7, 11) is 0. The van der Waals surface area contributed by atoms with Gasteiger partial charge in [0.1, 0.15) is 11.3 Å². The molecule has 2 saturated heterocycles. The quantitative estimate of drug-likeness (QED) is 0.637. The van der Waals surface area contributed by atoms with Crippen LogP contribution in [0.5, 0.6) is 0 Å². The molecule has 2 fully saturated rings. The molecule has 1 aromatic heterocycles. The Labute approximate surface area is 195 Å². The Balaban J connectivity index is 1.64. The Bertz CT molecular complexity index is 1130. The topological polar surface area (TPSA) is 62.4 Å². The second-order valence-electron chi connectivity index (χ2n) is 9.75. The van der Waals surface area contributed by atoms with Crippen LogP contribution in [0.25, 0.3) is 11.0 Å². The van der Waals surface area contributed by atoms with Gasteiger partial charge in [0, 0.05) is 45.3 Å². The molecule has 0 amide bonds. The summed E-state index contributed by atoms with van der Waals surface area (Å²) in [5.74, 6) is 0.893. The van der Waals surface area contributed by atoms with E-state index in [0.29, 0.717) is 23.7 Å². The summed E-state index contributed by atoms with van der Waals surface area (Å²) < 4.78 is 16.6. The number of aromatic nitrogens is 2. The number of fused-ring (bicyclic) bond motifs is 1. The Kier molecular flexibility index (Phi) is 6.01. The highest BCUT2D eigenvalue weighted by Crippen LogP contribution is 2.34. The van der Waals surface area contributed by atoms with Crippen LogP contribution in [0.2, 0.25) is 0 Å². The number of aryl methyl sites for hydroxylation is 3. The highest BCUT2D eigenvalue weighted by molar-refractivity contribution is 5.92. The highest BCUT2D eigenvalue weighted by Gasteiger charge is 2.25. The third-order valence-electron chi connectivity index (χ3n) is 7.08. The molecule has 6 nitrogen and oxygen atoms in total. The number of benzene rings is 2. The normalized spacial score (nSPS) is 17.8. The van der Waals surface area contributed by atoms with Gasteiger partial charge in [-0.3, -0.25) is 0 Å². The van der Waals surface area contributed by atoms with E-state index >= 15 is 0 Å². The minimum Gasteiger partial charge on any atom is -0.370 e. The zero-order valence-electron chi connectivity index (χ0n) is 20.0. The molecule has 176 valence electrons. The molecule has 5 rings (SSSR count). The molecule has 0 aliphatic carbocycles. The van der Waals surface area contributed by atoms with E-state index in [1.165, 1.54) is 11.3 Å². The summed E-state index contributed by atoms with van der Waals surface area (Å²) in [6, 6.07) is 8.75. The van der Waals surface area contributed by atoms with E-state index in [1.807, 2.05) is 26.0 Å². The van der Waals surface area contributed by atoms with Crippen molar-refractivity contribution >= 4 is 22.7 Å². The van der Waals surface area contributed by atoms with Crippen LogP contribution in [0.1, 0.15) is 35.1 Å². The van der Waals surface area contributed by atoms with E-state index in [1.54, 1.807) is 0 Å². The maximum Gasteiger partial charge on any atom is 0.207 e. The number of halogens is 1. The number of nitrogens with two attached hydrogens (primary N) is 1. The first-order valence-electron chi connectivity index (χ1n) is 12.1. The molecular formula is C26H35FN6. The van der Waals surface area contributed by atoms with Gasteiger partial charge in [-0.25, -0.2) is 9.37 Å². The lowest BCUT2D eigenvalue weighted by Gasteiger charge is -2.32. The van der Waals surface area contributed by atoms with E-state index in [0.717, 1.165) is 74.7 Å². The van der Waals surface area contributed by atoms with Crippen LogP contribution >= 0.6 is 0 Å². The average molecular weight is 451 g/mol. The number of nitrogens with zero attached hydrogens (tertiary/aromatic N) is 4. The molecule has 7 heteroatoms. The second kappa shape index (κ2) is 8.95. The van der Waals surface area contributed by atoms with Crippen molar-refractivity contribution < 1.29 is 4.39 Å². The number of piperidine rings is 1. The van der Waals surface area contributed by atoms with Crippen molar-refractivity contribution in [3.8, 4) is 0 Å². The third kappa shape index (κ3) is 4.32. The molecule has 33 heavy (non-hydrogen) atoms. The predicted molar refractivity (Wildman–Crippen MR) is 134 cm³/mol. The molecule has 2 aromatic carbocycles. The zero-order valence-corrected chi connectivity index (χ0v) is 20.0. The molecule has 2 aliphatic heterocycles. The lowest BCUT2D eigenvalue weighted by molar-refractivity contribution is 0.502. The summed E-state index contributed by atoms with van der Waals surface area (Å²) in [5.41, 5.74) is 13.3. The van der Waals surface area contributed by atoms with Crippen LogP contribution in [0.3, 0.4) is 0 Å². The first-order chi connectivity index (χ1) is 15.9. The Morgan fingerprint density at radius 1 is 0.970 bits per heavy atom. The van der Waals surface area contributed by atoms with E-state index in [-0.39, 0.29) is 5.82 Å². The van der Waals surface area contributed by atoms with E-state index in [4.69, 9.17) is 10.7 Å². The summed E-state index contributed by atoms with van der Waals surface area (Å²) in [6.07, 6.45) is 2.02. The van der Waals surface area contributed by atoms with E-state index in [9.17, 15) is 4.39 Å². The Morgan fingerprint density at radius 3 is 2.30 bits per heavy atom. The highest BCUT2D eigenvalue weighted by atomic mass is 19.1. The summed E-state index contributed by atoms with van der Waals surface area (Å²) in [6.45, 7) is 12.2. The van der Waals surface area contributed by atoms with Crippen LogP contribution in [-0.4, -0.2) is 54.9 Å². The number of imidazole rings is 1. The van der Waals surface area contributed by atoms with Crippen molar-refractivity contribution in [2.75, 3.05) is 49.1 Å². The summed E-state index contributed by atoms with van der Waals surface area (Å²) in [5, 5.41) is 3.44. The molecular weight excluding hydrogens is 415 g/mol. The smallest absolute Gasteiger partial charge is 0.207 e. The van der Waals surface area contributed by atoms with Crippen molar-refractivity contribution in [2.45, 2.75) is 46.2 Å². The number of piperazine rings is 1. The fourth-order valence-corrected chi connectivity index (χ4v) is 5.28. The Morgan fingerprint density at radius 2 is 1.64 bits per heavy atom. The summed E-state index contributed by atoms with van der Waals surface area (Å²) in [4.78, 5) is 10.1. The maximum atomic E-state index is 14.3. The van der Waals surface area contributed by atoms with Gasteiger partial charge in [-0.2, -0.15) is 0 Å². The minimum absolute atomic E-state index is 0.113. The Hall–Kier alpha value is -2.64. The van der Waals surface area contributed by atoms with Crippen LogP contribution in [0.15, 0.2) is 24.3 Å². The number of hydrogen-bond donors (Lipinski definition) is 2. The lowest BCUT2D eigenvalue weighted by Crippen LogP contribution is -2.44. The van der Waals surface area contributed by atoms with Crippen LogP contribution in [0, 0.1) is 26.6 Å². The maximum absolute atomic E-state index is 14.3. The number of anilines is 2. The van der Waals surface area contributed by atoms with E-state index in [2.05, 4.69) is 38.7 Å². The zero-order chi connectivity index (χ0) is 23.1. The molecule has 0 spiro atoms. The average Bonchev–Trinajstić information content (AvgIpc) is 3.16. The van der Waals surface area contributed by atoms with Gasteiger partial charge in [-0.1, -0.05) is 12.1 Å². The van der Waals surface area contributed by atoms with Crippen molar-refractivity contribution in [3.63, 3.8) is 0 Å². The predicted octanol–water partition coefficient (Wildman–Crippen LogP) is 3.49. The molecule has 3 heterocycles. The second-order valence-corrected chi connectivity index (χ2v) is 9.75. The number of rotatable bonds is 4. The first-order valence-corrected chi connectivity index (χ1v) is 12.1. The van der Waals surface area contributed by atoms with Gasteiger partial charge < -0.3 is 25.4 Å². The molecule has 3 aromatic rings. The minimum atomic E-state index is -0.113. The van der Waals surface area contributed by atoms with Crippen LogP contribution in [0.4, 0.5) is 16.0 Å². The number of nitrogens with one attached hydrogen (secondary N) is 1. The first kappa shape index (κ1) is 22.2. The van der Waals surface area contributed by atoms with Crippen LogP contribution in [-0.2, 0) is 6.54 Å². The largest absolute Gasteiger partial charge is 0.370 e. The van der Waals surface area contributed by atoms with Gasteiger partial charge in [0.15, 0.2) is 0 Å². The van der Waals surface area contributed by atoms with Gasteiger partial charge in [-0.15, -0.1) is 0 Å². The lowest BCUT2D eigenvalue weighted by atomic mass is 10.0. The van der Waals surface area contributed by atoms with Gasteiger partial charge in [0.05, 0.1) is 17.7 Å². The van der Waals surface area contributed by atoms with Gasteiger partial charge >= 0.3 is 0 Å². The summed E-state index contributed by atoms with van der Waals surface area (Å²) >= 11 is 0. The number of hydrogen-bond acceptors (Lipinski definition) is 5. The van der Waals surface area contributed by atoms with Crippen molar-refractivity contribution in [2.24, 2.45) is 5.73 Å². The molecule has 0 bridgehead atoms. The van der Waals surface area contributed by atoms with Gasteiger partial charge in [-0.05, 0) is 68.0 Å². The van der Waals surface area contributed by atoms with Crippen molar-refractivity contribution in [3.05, 3.63) is 52.3 Å². The fourth-order valence-electron chi connectivity index (χ4n) is 5.28. The van der Waals surface area contributed by atoms with Crippen LogP contribution < -0.4 is 20.9 Å². The molecule has 2 aliphatic rings. The molecule has 0 unspecified atom stereocenters. The third-order valence-corrected chi connectivity index (χ3v) is 7.08. The fraction of sp³-hybridized carbons (Fsp3) is 0.500. The van der Waals surface area contributed by atoms with Gasteiger partial charge in [0.25, 0.3) is 0 Å². The molecule has 0 radical (unpaired) electrons. The standard InChI is InChI=1S/C26H35FN6/c1-17-12-22(31-8-4-21(28)5-9-31)25-23(13-17)33(26(30-25)32-10-6-29-7-11-32)16-20-14-18(2)24(27)19(3)15-20/h12-15,21,29H,4-11,16,28H2,1-3H3.